The van der Waals surface area contributed by atoms with Gasteiger partial charge in [-0.05, 0) is 43.2 Å². The molecule has 6 nitrogen and oxygen atoms in total. The van der Waals surface area contributed by atoms with Crippen LogP contribution in [0.2, 0.25) is 0 Å². The predicted molar refractivity (Wildman–Crippen MR) is 94.6 cm³/mol. The van der Waals surface area contributed by atoms with Crippen LogP contribution in [-0.2, 0) is 9.53 Å². The number of hydrogen-bond donors (Lipinski definition) is 2. The lowest BCUT2D eigenvalue weighted by atomic mass is 10.2. The number of nitrogens with zero attached hydrogens (tertiary/aromatic N) is 1. The minimum absolute atomic E-state index is 0.0355. The second-order valence-corrected chi connectivity index (χ2v) is 6.01. The van der Waals surface area contributed by atoms with Crippen molar-refractivity contribution in [2.24, 2.45) is 0 Å². The summed E-state index contributed by atoms with van der Waals surface area (Å²) >= 11 is 0. The Bertz CT molecular complexity index is 870. The number of amides is 1. The molecule has 1 saturated heterocycles. The van der Waals surface area contributed by atoms with E-state index in [4.69, 9.17) is 9.47 Å². The summed E-state index contributed by atoms with van der Waals surface area (Å²) in [7, 11) is 0. The first-order valence-corrected chi connectivity index (χ1v) is 8.37. The van der Waals surface area contributed by atoms with Crippen LogP contribution < -0.4 is 10.1 Å². The number of H-pyrrole nitrogens is 1. The first kappa shape index (κ1) is 15.7. The van der Waals surface area contributed by atoms with Gasteiger partial charge in [-0.25, -0.2) is 4.98 Å². The van der Waals surface area contributed by atoms with Crippen LogP contribution in [0, 0.1) is 0 Å². The Kier molecular flexibility index (Phi) is 4.35. The van der Waals surface area contributed by atoms with Crippen molar-refractivity contribution < 1.29 is 14.3 Å². The Morgan fingerprint density at radius 2 is 2.16 bits per heavy atom. The monoisotopic (exact) mass is 337 g/mol. The van der Waals surface area contributed by atoms with Crippen LogP contribution in [-0.4, -0.2) is 29.1 Å². The molecule has 1 aliphatic heterocycles. The summed E-state index contributed by atoms with van der Waals surface area (Å²) in [5.41, 5.74) is 2.45. The van der Waals surface area contributed by atoms with Gasteiger partial charge in [-0.15, -0.1) is 0 Å². The van der Waals surface area contributed by atoms with Gasteiger partial charge in [0.2, 0.25) is 0 Å². The number of rotatable bonds is 5. The van der Waals surface area contributed by atoms with Gasteiger partial charge in [0.05, 0.1) is 11.0 Å². The molecule has 25 heavy (non-hydrogen) atoms. The van der Waals surface area contributed by atoms with E-state index in [9.17, 15) is 4.79 Å². The van der Waals surface area contributed by atoms with Crippen LogP contribution in [0.15, 0.2) is 48.5 Å². The van der Waals surface area contributed by atoms with E-state index in [1.54, 1.807) is 0 Å². The number of carbonyl (C=O) groups excluding carboxylic acids is 1. The average molecular weight is 337 g/mol. The zero-order valence-electron chi connectivity index (χ0n) is 13.7. The molecular formula is C19H19N3O3. The SMILES string of the molecule is O=C(COc1ccccc1)Nc1ccc2nc([C@H]3CCCO3)[nH]c2c1. The zero-order valence-corrected chi connectivity index (χ0v) is 13.7. The first-order valence-electron chi connectivity index (χ1n) is 8.37. The lowest BCUT2D eigenvalue weighted by Crippen LogP contribution is -2.20. The van der Waals surface area contributed by atoms with E-state index in [2.05, 4.69) is 15.3 Å². The minimum atomic E-state index is -0.206. The van der Waals surface area contributed by atoms with Gasteiger partial charge in [0, 0.05) is 12.3 Å². The molecule has 0 saturated carbocycles. The van der Waals surface area contributed by atoms with E-state index in [0.717, 1.165) is 36.3 Å². The largest absolute Gasteiger partial charge is 0.484 e. The Hall–Kier alpha value is -2.86. The molecule has 3 aromatic rings. The Morgan fingerprint density at radius 1 is 1.28 bits per heavy atom. The predicted octanol–water partition coefficient (Wildman–Crippen LogP) is 3.43. The van der Waals surface area contributed by atoms with E-state index >= 15 is 0 Å². The summed E-state index contributed by atoms with van der Waals surface area (Å²) in [5.74, 6) is 1.31. The maximum atomic E-state index is 12.1. The Morgan fingerprint density at radius 3 is 2.96 bits per heavy atom. The van der Waals surface area contributed by atoms with Crippen molar-refractivity contribution in [3.05, 3.63) is 54.4 Å². The Labute approximate surface area is 145 Å². The van der Waals surface area contributed by atoms with Crippen molar-refractivity contribution in [3.63, 3.8) is 0 Å². The van der Waals surface area contributed by atoms with Crippen LogP contribution in [0.3, 0.4) is 0 Å². The summed E-state index contributed by atoms with van der Waals surface area (Å²) in [6.07, 6.45) is 2.09. The fourth-order valence-corrected chi connectivity index (χ4v) is 2.92. The quantitative estimate of drug-likeness (QED) is 0.748. The normalized spacial score (nSPS) is 16.9. The van der Waals surface area contributed by atoms with E-state index < -0.39 is 0 Å². The number of imidazole rings is 1. The molecule has 2 aromatic carbocycles. The van der Waals surface area contributed by atoms with Crippen molar-refractivity contribution in [2.75, 3.05) is 18.5 Å². The van der Waals surface area contributed by atoms with Gasteiger partial charge in [0.1, 0.15) is 17.7 Å². The summed E-state index contributed by atoms with van der Waals surface area (Å²) < 4.78 is 11.1. The maximum Gasteiger partial charge on any atom is 0.262 e. The molecule has 6 heteroatoms. The molecule has 0 unspecified atom stereocenters. The molecule has 4 rings (SSSR count). The van der Waals surface area contributed by atoms with Gasteiger partial charge in [-0.3, -0.25) is 4.79 Å². The summed E-state index contributed by atoms with van der Waals surface area (Å²) in [6.45, 7) is 0.747. The van der Waals surface area contributed by atoms with Gasteiger partial charge in [-0.1, -0.05) is 18.2 Å². The highest BCUT2D eigenvalue weighted by Gasteiger charge is 2.21. The van der Waals surface area contributed by atoms with Crippen molar-refractivity contribution in [3.8, 4) is 5.75 Å². The van der Waals surface area contributed by atoms with Gasteiger partial charge >= 0.3 is 0 Å². The third kappa shape index (κ3) is 3.64. The number of carbonyl (C=O) groups is 1. The number of anilines is 1. The van der Waals surface area contributed by atoms with Crippen LogP contribution in [0.25, 0.3) is 11.0 Å². The van der Waals surface area contributed by atoms with Gasteiger partial charge in [0.15, 0.2) is 6.61 Å². The molecule has 1 amide bonds. The topological polar surface area (TPSA) is 76.2 Å². The minimum Gasteiger partial charge on any atom is -0.484 e. The molecule has 2 heterocycles. The number of ether oxygens (including phenoxy) is 2. The van der Waals surface area contributed by atoms with Crippen LogP contribution >= 0.6 is 0 Å². The second-order valence-electron chi connectivity index (χ2n) is 6.01. The lowest BCUT2D eigenvalue weighted by Gasteiger charge is -2.07. The molecule has 0 bridgehead atoms. The van der Waals surface area contributed by atoms with E-state index in [1.165, 1.54) is 0 Å². The number of nitrogens with one attached hydrogen (secondary N) is 2. The highest BCUT2D eigenvalue weighted by molar-refractivity contribution is 5.94. The standard InChI is InChI=1S/C19H19N3O3/c23-18(12-25-14-5-2-1-3-6-14)20-13-8-9-15-16(11-13)22-19(21-15)17-7-4-10-24-17/h1-3,5-6,8-9,11,17H,4,7,10,12H2,(H,20,23)(H,21,22)/t17-/m1/s1. The Balaban J connectivity index is 1.41. The molecular weight excluding hydrogens is 318 g/mol. The zero-order chi connectivity index (χ0) is 17.1. The van der Waals surface area contributed by atoms with Crippen LogP contribution in [0.5, 0.6) is 5.75 Å². The molecule has 1 atom stereocenters. The molecule has 1 aromatic heterocycles. The van der Waals surface area contributed by atoms with Crippen LogP contribution in [0.1, 0.15) is 24.8 Å². The number of aromatic amines is 1. The average Bonchev–Trinajstić information content (AvgIpc) is 3.30. The fraction of sp³-hybridized carbons (Fsp3) is 0.263. The maximum absolute atomic E-state index is 12.1. The first-order chi connectivity index (χ1) is 12.3. The molecule has 0 spiro atoms. The molecule has 1 aliphatic rings. The second kappa shape index (κ2) is 6.94. The number of para-hydroxylation sites is 1. The summed E-state index contributed by atoms with van der Waals surface area (Å²) in [6, 6.07) is 14.9. The highest BCUT2D eigenvalue weighted by Crippen LogP contribution is 2.28. The molecule has 0 aliphatic carbocycles. The third-order valence-corrected chi connectivity index (χ3v) is 4.13. The van der Waals surface area contributed by atoms with E-state index in [1.807, 2.05) is 48.5 Å². The number of fused-ring (bicyclic) bond motifs is 1. The van der Waals surface area contributed by atoms with Crippen molar-refractivity contribution in [2.45, 2.75) is 18.9 Å². The fourth-order valence-electron chi connectivity index (χ4n) is 2.92. The summed E-state index contributed by atoms with van der Waals surface area (Å²) in [4.78, 5) is 19.9. The van der Waals surface area contributed by atoms with Gasteiger partial charge < -0.3 is 19.8 Å². The lowest BCUT2D eigenvalue weighted by molar-refractivity contribution is -0.118. The van der Waals surface area contributed by atoms with E-state index in [0.29, 0.717) is 11.4 Å². The molecule has 128 valence electrons. The number of aromatic nitrogens is 2. The van der Waals surface area contributed by atoms with Crippen molar-refractivity contribution >= 4 is 22.6 Å². The molecule has 2 N–H and O–H groups in total. The number of benzene rings is 2. The van der Waals surface area contributed by atoms with Gasteiger partial charge in [-0.2, -0.15) is 0 Å². The van der Waals surface area contributed by atoms with Gasteiger partial charge in [0.25, 0.3) is 5.91 Å². The van der Waals surface area contributed by atoms with Crippen LogP contribution in [0.4, 0.5) is 5.69 Å². The number of hydrogen-bond acceptors (Lipinski definition) is 4. The third-order valence-electron chi connectivity index (χ3n) is 4.13. The van der Waals surface area contributed by atoms with Crippen molar-refractivity contribution in [1.82, 2.24) is 9.97 Å². The summed E-state index contributed by atoms with van der Waals surface area (Å²) in [5, 5.41) is 2.84. The smallest absolute Gasteiger partial charge is 0.262 e. The molecule has 0 radical (unpaired) electrons. The highest BCUT2D eigenvalue weighted by atomic mass is 16.5. The van der Waals surface area contributed by atoms with E-state index in [-0.39, 0.29) is 18.6 Å². The molecule has 1 fully saturated rings. The van der Waals surface area contributed by atoms with Crippen molar-refractivity contribution in [1.29, 1.82) is 0 Å².